The number of rotatable bonds is 11. The molecule has 1 aromatic carbocycles. The molecule has 6 heteroatoms. The van der Waals surface area contributed by atoms with Crippen LogP contribution in [0.5, 0.6) is 0 Å². The number of fused-ring (bicyclic) bond motifs is 1. The summed E-state index contributed by atoms with van der Waals surface area (Å²) in [5.74, 6) is 0.464. The number of imidazole rings is 1. The van der Waals surface area contributed by atoms with E-state index >= 15 is 0 Å². The Morgan fingerprint density at radius 1 is 1.35 bits per heavy atom. The van der Waals surface area contributed by atoms with Gasteiger partial charge in [-0.1, -0.05) is 50.8 Å². The topological polar surface area (TPSA) is 79.2 Å². The molecule has 3 N–H and O–H groups in total. The Morgan fingerprint density at radius 2 is 2.13 bits per heavy atom. The second-order valence-electron chi connectivity index (χ2n) is 8.34. The minimum Gasteiger partial charge on any atom is -0.327 e. The second kappa shape index (κ2) is 11.4. The van der Waals surface area contributed by atoms with Gasteiger partial charge in [-0.15, -0.1) is 0 Å². The second-order valence-corrected chi connectivity index (χ2v) is 8.34. The van der Waals surface area contributed by atoms with Crippen LogP contribution < -0.4 is 10.8 Å². The molecule has 0 aliphatic rings. The van der Waals surface area contributed by atoms with Crippen LogP contribution in [0.15, 0.2) is 60.7 Å². The molecule has 2 aromatic rings. The minimum absolute atomic E-state index is 0.0526. The summed E-state index contributed by atoms with van der Waals surface area (Å²) < 4.78 is 2.30. The standard InChI is InChI=1S/C25H34N4O2/c1-6-8-9-19(7-2)11-14-23-27-21-16-20(12-15-24(30)28-31)10-13-22(21)29(23)18-25(3,4)17-26-5/h6-10,12-13,15-16,26,31H,2,11,14,17-18H2,1,3-5H3,(H,28,30)/b8-6-,15-12+,19-9+. The molecule has 0 saturated carbocycles. The molecule has 1 aromatic heterocycles. The molecule has 0 fully saturated rings. The summed E-state index contributed by atoms with van der Waals surface area (Å²) in [4.78, 5) is 16.2. The van der Waals surface area contributed by atoms with E-state index in [9.17, 15) is 4.79 Å². The molecule has 166 valence electrons. The van der Waals surface area contributed by atoms with Crippen molar-refractivity contribution in [3.63, 3.8) is 0 Å². The summed E-state index contributed by atoms with van der Waals surface area (Å²) in [5, 5.41) is 11.9. The third kappa shape index (κ3) is 7.05. The van der Waals surface area contributed by atoms with E-state index < -0.39 is 5.91 Å². The number of nitrogens with one attached hydrogen (secondary N) is 2. The van der Waals surface area contributed by atoms with Gasteiger partial charge in [0.1, 0.15) is 5.82 Å². The van der Waals surface area contributed by atoms with Gasteiger partial charge < -0.3 is 9.88 Å². The van der Waals surface area contributed by atoms with Gasteiger partial charge in [-0.2, -0.15) is 0 Å². The quantitative estimate of drug-likeness (QED) is 0.217. The van der Waals surface area contributed by atoms with Gasteiger partial charge in [0.25, 0.3) is 5.91 Å². The number of aryl methyl sites for hydroxylation is 1. The molecule has 0 bridgehead atoms. The third-order valence-electron chi connectivity index (χ3n) is 5.03. The molecule has 0 spiro atoms. The lowest BCUT2D eigenvalue weighted by molar-refractivity contribution is -0.124. The first-order valence-electron chi connectivity index (χ1n) is 10.5. The van der Waals surface area contributed by atoms with Crippen LogP contribution in [0.1, 0.15) is 38.6 Å². The van der Waals surface area contributed by atoms with Gasteiger partial charge in [0.05, 0.1) is 11.0 Å². The van der Waals surface area contributed by atoms with Crippen molar-refractivity contribution in [3.05, 3.63) is 72.1 Å². The van der Waals surface area contributed by atoms with Gasteiger partial charge in [-0.05, 0) is 55.2 Å². The molecule has 0 atom stereocenters. The molecular formula is C25H34N4O2. The first-order valence-corrected chi connectivity index (χ1v) is 10.5. The van der Waals surface area contributed by atoms with Crippen molar-refractivity contribution < 1.29 is 10.0 Å². The fourth-order valence-electron chi connectivity index (χ4n) is 3.57. The van der Waals surface area contributed by atoms with E-state index in [1.807, 2.05) is 50.4 Å². The van der Waals surface area contributed by atoms with Crippen molar-refractivity contribution in [2.45, 2.75) is 40.2 Å². The van der Waals surface area contributed by atoms with Crippen molar-refractivity contribution in [3.8, 4) is 0 Å². The highest BCUT2D eigenvalue weighted by atomic mass is 16.5. The van der Waals surface area contributed by atoms with Crippen molar-refractivity contribution in [1.29, 1.82) is 0 Å². The Bertz CT molecular complexity index is 996. The number of hydrogen-bond acceptors (Lipinski definition) is 4. The maximum absolute atomic E-state index is 11.3. The van der Waals surface area contributed by atoms with E-state index in [1.54, 1.807) is 11.6 Å². The van der Waals surface area contributed by atoms with Crippen molar-refractivity contribution in [2.75, 3.05) is 13.6 Å². The van der Waals surface area contributed by atoms with E-state index in [4.69, 9.17) is 10.2 Å². The summed E-state index contributed by atoms with van der Waals surface area (Å²) in [6, 6.07) is 5.96. The summed E-state index contributed by atoms with van der Waals surface area (Å²) >= 11 is 0. The summed E-state index contributed by atoms with van der Waals surface area (Å²) in [7, 11) is 1.97. The molecule has 1 amide bonds. The number of carbonyl (C=O) groups is 1. The van der Waals surface area contributed by atoms with Crippen LogP contribution in [0.25, 0.3) is 17.1 Å². The first-order chi connectivity index (χ1) is 14.8. The number of aromatic nitrogens is 2. The zero-order valence-corrected chi connectivity index (χ0v) is 19.0. The van der Waals surface area contributed by atoms with Gasteiger partial charge in [0.2, 0.25) is 0 Å². The molecule has 1 heterocycles. The molecule has 31 heavy (non-hydrogen) atoms. The van der Waals surface area contributed by atoms with Gasteiger partial charge >= 0.3 is 0 Å². The van der Waals surface area contributed by atoms with Gasteiger partial charge in [-0.25, -0.2) is 10.5 Å². The Hall–Kier alpha value is -2.96. The highest BCUT2D eigenvalue weighted by Gasteiger charge is 2.21. The number of amides is 1. The normalized spacial score (nSPS) is 12.9. The van der Waals surface area contributed by atoms with Crippen LogP contribution >= 0.6 is 0 Å². The predicted molar refractivity (Wildman–Crippen MR) is 128 cm³/mol. The molecule has 0 aliphatic heterocycles. The number of hydroxylamine groups is 1. The average Bonchev–Trinajstić information content (AvgIpc) is 3.07. The van der Waals surface area contributed by atoms with Crippen LogP contribution in [-0.2, 0) is 17.8 Å². The molecule has 0 radical (unpaired) electrons. The number of hydrogen-bond donors (Lipinski definition) is 3. The van der Waals surface area contributed by atoms with Crippen LogP contribution in [0, 0.1) is 5.41 Å². The van der Waals surface area contributed by atoms with E-state index in [2.05, 4.69) is 36.4 Å². The van der Waals surface area contributed by atoms with Gasteiger partial charge in [-0.3, -0.25) is 10.0 Å². The van der Waals surface area contributed by atoms with E-state index in [-0.39, 0.29) is 5.41 Å². The molecule has 2 rings (SSSR count). The number of allylic oxidation sites excluding steroid dienone is 5. The van der Waals surface area contributed by atoms with Crippen LogP contribution in [0.3, 0.4) is 0 Å². The van der Waals surface area contributed by atoms with Crippen LogP contribution in [-0.4, -0.2) is 34.3 Å². The minimum atomic E-state index is -0.565. The van der Waals surface area contributed by atoms with E-state index in [0.717, 1.165) is 48.4 Å². The summed E-state index contributed by atoms with van der Waals surface area (Å²) in [6.45, 7) is 12.1. The highest BCUT2D eigenvalue weighted by Crippen LogP contribution is 2.26. The average molecular weight is 423 g/mol. The first kappa shape index (κ1) is 24.3. The maximum Gasteiger partial charge on any atom is 0.267 e. The molecule has 0 aliphatic carbocycles. The maximum atomic E-state index is 11.3. The Labute approximate surface area is 185 Å². The van der Waals surface area contributed by atoms with Crippen molar-refractivity contribution in [2.24, 2.45) is 5.41 Å². The van der Waals surface area contributed by atoms with E-state index in [1.165, 1.54) is 11.6 Å². The Morgan fingerprint density at radius 3 is 2.77 bits per heavy atom. The smallest absolute Gasteiger partial charge is 0.267 e. The number of carbonyl (C=O) groups excluding carboxylic acids is 1. The lowest BCUT2D eigenvalue weighted by atomic mass is 9.93. The number of benzene rings is 1. The monoisotopic (exact) mass is 422 g/mol. The fourth-order valence-corrected chi connectivity index (χ4v) is 3.57. The third-order valence-corrected chi connectivity index (χ3v) is 5.03. The van der Waals surface area contributed by atoms with Gasteiger partial charge in [0, 0.05) is 25.6 Å². The summed E-state index contributed by atoms with van der Waals surface area (Å²) in [6.07, 6.45) is 12.6. The number of nitrogens with zero attached hydrogens (tertiary/aromatic N) is 2. The fraction of sp³-hybridized carbons (Fsp3) is 0.360. The zero-order chi connectivity index (χ0) is 22.9. The molecule has 0 unspecified atom stereocenters. The largest absolute Gasteiger partial charge is 0.327 e. The van der Waals surface area contributed by atoms with E-state index in [0.29, 0.717) is 0 Å². The van der Waals surface area contributed by atoms with Crippen LogP contribution in [0.4, 0.5) is 0 Å². The Kier molecular flexibility index (Phi) is 8.97. The van der Waals surface area contributed by atoms with Crippen molar-refractivity contribution >= 4 is 23.0 Å². The van der Waals surface area contributed by atoms with Crippen LogP contribution in [0.2, 0.25) is 0 Å². The lowest BCUT2D eigenvalue weighted by Gasteiger charge is -2.26. The Balaban J connectivity index is 2.43. The lowest BCUT2D eigenvalue weighted by Crippen LogP contribution is -2.31. The summed E-state index contributed by atoms with van der Waals surface area (Å²) in [5.41, 5.74) is 5.63. The van der Waals surface area contributed by atoms with Gasteiger partial charge in [0.15, 0.2) is 0 Å². The molecule has 0 saturated heterocycles. The molecular weight excluding hydrogens is 388 g/mol. The highest BCUT2D eigenvalue weighted by molar-refractivity contribution is 5.91. The predicted octanol–water partition coefficient (Wildman–Crippen LogP) is 4.42. The zero-order valence-electron chi connectivity index (χ0n) is 19.0. The SMILES string of the molecule is C=C/C(=C\C=C/C)CCc1nc2cc(/C=C/C(=O)NO)ccc2n1CC(C)(C)CNC. The molecule has 6 nitrogen and oxygen atoms in total. The van der Waals surface area contributed by atoms with Crippen molar-refractivity contribution in [1.82, 2.24) is 20.3 Å².